The molecule has 1 aliphatic carbocycles. The first-order valence-electron chi connectivity index (χ1n) is 6.17. The maximum Gasteiger partial charge on any atom is 0.0700 e. The van der Waals surface area contributed by atoms with Gasteiger partial charge in [0.05, 0.1) is 19.8 Å². The molecule has 16 heavy (non-hydrogen) atoms. The molecule has 0 spiro atoms. The standard InChI is InChI=1S/C12H25NO3/c1-14-9-10-15-7-2-8-16-11-12(3-4-12)5-6-13/h2-11,13H2,1H3. The van der Waals surface area contributed by atoms with E-state index in [4.69, 9.17) is 19.9 Å². The highest BCUT2D eigenvalue weighted by molar-refractivity contribution is 4.92. The van der Waals surface area contributed by atoms with Crippen molar-refractivity contribution in [2.24, 2.45) is 11.1 Å². The first kappa shape index (κ1) is 13.9. The minimum atomic E-state index is 0.436. The van der Waals surface area contributed by atoms with Gasteiger partial charge in [0.2, 0.25) is 0 Å². The minimum absolute atomic E-state index is 0.436. The van der Waals surface area contributed by atoms with Crippen molar-refractivity contribution in [3.63, 3.8) is 0 Å². The monoisotopic (exact) mass is 231 g/mol. The van der Waals surface area contributed by atoms with Gasteiger partial charge in [0, 0.05) is 20.3 Å². The predicted octanol–water partition coefficient (Wildman–Crippen LogP) is 1.19. The van der Waals surface area contributed by atoms with Crippen molar-refractivity contribution in [2.45, 2.75) is 25.7 Å². The van der Waals surface area contributed by atoms with E-state index in [9.17, 15) is 0 Å². The Morgan fingerprint density at radius 2 is 1.81 bits per heavy atom. The van der Waals surface area contributed by atoms with E-state index in [1.54, 1.807) is 7.11 Å². The van der Waals surface area contributed by atoms with Gasteiger partial charge in [-0.2, -0.15) is 0 Å². The molecule has 0 aromatic heterocycles. The summed E-state index contributed by atoms with van der Waals surface area (Å²) in [4.78, 5) is 0. The fraction of sp³-hybridized carbons (Fsp3) is 1.00. The van der Waals surface area contributed by atoms with Crippen LogP contribution < -0.4 is 5.73 Å². The minimum Gasteiger partial charge on any atom is -0.382 e. The molecule has 0 atom stereocenters. The van der Waals surface area contributed by atoms with Crippen LogP contribution in [-0.2, 0) is 14.2 Å². The summed E-state index contributed by atoms with van der Waals surface area (Å²) in [6, 6.07) is 0. The summed E-state index contributed by atoms with van der Waals surface area (Å²) in [7, 11) is 1.68. The molecule has 0 heterocycles. The lowest BCUT2D eigenvalue weighted by molar-refractivity contribution is 0.0409. The fourth-order valence-electron chi connectivity index (χ4n) is 1.75. The average Bonchev–Trinajstić information content (AvgIpc) is 3.03. The Morgan fingerprint density at radius 3 is 2.44 bits per heavy atom. The molecule has 1 rings (SSSR count). The molecule has 1 saturated carbocycles. The zero-order chi connectivity index (χ0) is 11.7. The van der Waals surface area contributed by atoms with Crippen LogP contribution in [0.3, 0.4) is 0 Å². The second kappa shape index (κ2) is 8.01. The molecule has 0 aliphatic heterocycles. The predicted molar refractivity (Wildman–Crippen MR) is 63.5 cm³/mol. The molecule has 0 unspecified atom stereocenters. The van der Waals surface area contributed by atoms with E-state index < -0.39 is 0 Å². The lowest BCUT2D eigenvalue weighted by Crippen LogP contribution is -2.16. The molecule has 4 nitrogen and oxygen atoms in total. The Labute approximate surface area is 98.4 Å². The van der Waals surface area contributed by atoms with Crippen molar-refractivity contribution in [2.75, 3.05) is 46.7 Å². The van der Waals surface area contributed by atoms with E-state index in [-0.39, 0.29) is 0 Å². The third-order valence-electron chi connectivity index (χ3n) is 3.05. The Bertz CT molecular complexity index is 172. The summed E-state index contributed by atoms with van der Waals surface area (Å²) in [5.74, 6) is 0. The lowest BCUT2D eigenvalue weighted by atomic mass is 10.0. The van der Waals surface area contributed by atoms with E-state index in [1.807, 2.05) is 0 Å². The van der Waals surface area contributed by atoms with Crippen LogP contribution in [0, 0.1) is 5.41 Å². The molecule has 0 aromatic rings. The van der Waals surface area contributed by atoms with Crippen LogP contribution in [0.2, 0.25) is 0 Å². The van der Waals surface area contributed by atoms with Crippen LogP contribution in [0.5, 0.6) is 0 Å². The first-order chi connectivity index (χ1) is 7.83. The summed E-state index contributed by atoms with van der Waals surface area (Å²) in [5.41, 5.74) is 6.00. The highest BCUT2D eigenvalue weighted by atomic mass is 16.5. The number of nitrogens with two attached hydrogens (primary N) is 1. The Balaban J connectivity index is 1.81. The summed E-state index contributed by atoms with van der Waals surface area (Å²) in [6.45, 7) is 4.55. The lowest BCUT2D eigenvalue weighted by Gasteiger charge is -2.13. The summed E-state index contributed by atoms with van der Waals surface area (Å²) in [6.07, 6.45) is 4.64. The number of methoxy groups -OCH3 is 1. The molecule has 1 aliphatic rings. The third kappa shape index (κ3) is 5.80. The van der Waals surface area contributed by atoms with Crippen molar-refractivity contribution in [3.05, 3.63) is 0 Å². The van der Waals surface area contributed by atoms with Crippen LogP contribution in [0.15, 0.2) is 0 Å². The summed E-state index contributed by atoms with van der Waals surface area (Å²) in [5, 5.41) is 0. The van der Waals surface area contributed by atoms with Gasteiger partial charge < -0.3 is 19.9 Å². The first-order valence-corrected chi connectivity index (χ1v) is 6.17. The topological polar surface area (TPSA) is 53.7 Å². The Morgan fingerprint density at radius 1 is 1.06 bits per heavy atom. The van der Waals surface area contributed by atoms with Gasteiger partial charge in [-0.25, -0.2) is 0 Å². The molecule has 2 N–H and O–H groups in total. The van der Waals surface area contributed by atoms with Crippen LogP contribution in [0.1, 0.15) is 25.7 Å². The zero-order valence-corrected chi connectivity index (χ0v) is 10.4. The molecular formula is C12H25NO3. The van der Waals surface area contributed by atoms with Crippen molar-refractivity contribution in [1.29, 1.82) is 0 Å². The molecule has 96 valence electrons. The number of hydrogen-bond donors (Lipinski definition) is 1. The normalized spacial score (nSPS) is 17.6. The van der Waals surface area contributed by atoms with E-state index in [0.29, 0.717) is 18.6 Å². The molecule has 0 aromatic carbocycles. The van der Waals surface area contributed by atoms with Gasteiger partial charge in [0.25, 0.3) is 0 Å². The van der Waals surface area contributed by atoms with Crippen LogP contribution in [-0.4, -0.2) is 46.7 Å². The van der Waals surface area contributed by atoms with Crippen molar-refractivity contribution in [3.8, 4) is 0 Å². The molecule has 1 fully saturated rings. The van der Waals surface area contributed by atoms with Gasteiger partial charge in [-0.05, 0) is 37.6 Å². The average molecular weight is 231 g/mol. The Hall–Kier alpha value is -0.160. The highest BCUT2D eigenvalue weighted by Gasteiger charge is 2.41. The van der Waals surface area contributed by atoms with Crippen LogP contribution >= 0.6 is 0 Å². The van der Waals surface area contributed by atoms with Crippen LogP contribution in [0.4, 0.5) is 0 Å². The van der Waals surface area contributed by atoms with E-state index in [0.717, 1.165) is 39.2 Å². The summed E-state index contributed by atoms with van der Waals surface area (Å²) < 4.78 is 15.9. The molecule has 0 amide bonds. The number of ether oxygens (including phenoxy) is 3. The van der Waals surface area contributed by atoms with Crippen molar-refractivity contribution >= 4 is 0 Å². The third-order valence-corrected chi connectivity index (χ3v) is 3.05. The number of hydrogen-bond acceptors (Lipinski definition) is 4. The van der Waals surface area contributed by atoms with Crippen molar-refractivity contribution < 1.29 is 14.2 Å². The van der Waals surface area contributed by atoms with Crippen LogP contribution in [0.25, 0.3) is 0 Å². The molecule has 4 heteroatoms. The SMILES string of the molecule is COCCOCCCOCC1(CCN)CC1. The molecule has 0 radical (unpaired) electrons. The maximum atomic E-state index is 5.65. The van der Waals surface area contributed by atoms with Crippen molar-refractivity contribution in [1.82, 2.24) is 0 Å². The van der Waals surface area contributed by atoms with Gasteiger partial charge in [0.1, 0.15) is 0 Å². The molecular weight excluding hydrogens is 206 g/mol. The maximum absolute atomic E-state index is 5.65. The fourth-order valence-corrected chi connectivity index (χ4v) is 1.75. The summed E-state index contributed by atoms with van der Waals surface area (Å²) >= 11 is 0. The van der Waals surface area contributed by atoms with Gasteiger partial charge in [-0.15, -0.1) is 0 Å². The quantitative estimate of drug-likeness (QED) is 0.543. The highest BCUT2D eigenvalue weighted by Crippen LogP contribution is 2.48. The van der Waals surface area contributed by atoms with Gasteiger partial charge in [-0.3, -0.25) is 0 Å². The van der Waals surface area contributed by atoms with Gasteiger partial charge >= 0.3 is 0 Å². The van der Waals surface area contributed by atoms with Gasteiger partial charge in [-0.1, -0.05) is 0 Å². The number of rotatable bonds is 11. The second-order valence-electron chi connectivity index (χ2n) is 4.55. The molecule has 0 saturated heterocycles. The zero-order valence-electron chi connectivity index (χ0n) is 10.4. The Kier molecular flexibility index (Phi) is 6.96. The van der Waals surface area contributed by atoms with E-state index in [2.05, 4.69) is 0 Å². The van der Waals surface area contributed by atoms with E-state index in [1.165, 1.54) is 12.8 Å². The van der Waals surface area contributed by atoms with Gasteiger partial charge in [0.15, 0.2) is 0 Å². The van der Waals surface area contributed by atoms with E-state index >= 15 is 0 Å². The molecule has 0 bridgehead atoms. The largest absolute Gasteiger partial charge is 0.382 e. The smallest absolute Gasteiger partial charge is 0.0700 e. The second-order valence-corrected chi connectivity index (χ2v) is 4.55.